The minimum Gasteiger partial charge on any atom is -0.490 e. The SMILES string of the molecule is CC(C)Oc1ncc(CN2CCC(F)(COc3ccc(C(=O)NSC4CC4)cc3C3CC3)CC2)cc1Cl. The van der Waals surface area contributed by atoms with Crippen LogP contribution in [-0.2, 0) is 6.54 Å². The molecule has 1 N–H and O–H groups in total. The van der Waals surface area contributed by atoms with Crippen molar-refractivity contribution in [2.45, 2.75) is 81.9 Å². The third-order valence-electron chi connectivity index (χ3n) is 6.99. The topological polar surface area (TPSA) is 63.7 Å². The second-order valence-electron chi connectivity index (χ2n) is 10.8. The van der Waals surface area contributed by atoms with Gasteiger partial charge in [-0.2, -0.15) is 0 Å². The first-order valence-electron chi connectivity index (χ1n) is 13.2. The molecule has 200 valence electrons. The number of hydrogen-bond acceptors (Lipinski definition) is 6. The molecule has 2 aromatic rings. The van der Waals surface area contributed by atoms with E-state index in [0.717, 1.165) is 24.0 Å². The molecule has 1 aromatic carbocycles. The molecule has 1 amide bonds. The van der Waals surface area contributed by atoms with E-state index in [9.17, 15) is 4.79 Å². The molecule has 3 fully saturated rings. The Kier molecular flexibility index (Phi) is 8.17. The number of carbonyl (C=O) groups excluding carboxylic acids is 1. The van der Waals surface area contributed by atoms with Crippen LogP contribution in [-0.4, -0.2) is 52.5 Å². The average molecular weight is 548 g/mol. The monoisotopic (exact) mass is 547 g/mol. The van der Waals surface area contributed by atoms with Gasteiger partial charge in [-0.25, -0.2) is 9.37 Å². The van der Waals surface area contributed by atoms with Crippen molar-refractivity contribution in [3.8, 4) is 11.6 Å². The number of nitrogens with one attached hydrogen (secondary N) is 1. The van der Waals surface area contributed by atoms with E-state index in [1.807, 2.05) is 32.0 Å². The van der Waals surface area contributed by atoms with Gasteiger partial charge < -0.3 is 9.47 Å². The maximum Gasteiger partial charge on any atom is 0.261 e. The standard InChI is InChI=1S/C28H35ClFN3O3S/c1-18(2)36-27-24(29)13-19(15-31-27)16-33-11-9-28(30,10-12-33)17-35-25-8-5-21(14-23(25)20-3-4-20)26(34)32-37-22-6-7-22/h5,8,13-15,18,20,22H,3-4,6-7,9-12,16-17H2,1-2H3,(H,32,34). The molecule has 3 aliphatic rings. The molecule has 5 rings (SSSR count). The van der Waals surface area contributed by atoms with Crippen LogP contribution in [0.5, 0.6) is 11.6 Å². The first-order valence-corrected chi connectivity index (χ1v) is 14.5. The number of alkyl halides is 1. The predicted octanol–water partition coefficient (Wildman–Crippen LogP) is 6.32. The molecule has 1 aliphatic heterocycles. The van der Waals surface area contributed by atoms with E-state index in [4.69, 9.17) is 21.1 Å². The van der Waals surface area contributed by atoms with Gasteiger partial charge in [-0.1, -0.05) is 11.6 Å². The Bertz CT molecular complexity index is 1120. The Morgan fingerprint density at radius 1 is 1.24 bits per heavy atom. The Balaban J connectivity index is 1.13. The fraction of sp³-hybridized carbons (Fsp3) is 0.571. The van der Waals surface area contributed by atoms with E-state index in [0.29, 0.717) is 65.9 Å². The number of amides is 1. The molecule has 0 atom stereocenters. The van der Waals surface area contributed by atoms with Crippen molar-refractivity contribution in [2.24, 2.45) is 0 Å². The van der Waals surface area contributed by atoms with Gasteiger partial charge in [0, 0.05) is 36.6 Å². The Hall–Kier alpha value is -2.03. The van der Waals surface area contributed by atoms with Gasteiger partial charge in [0.2, 0.25) is 5.88 Å². The van der Waals surface area contributed by atoms with Crippen molar-refractivity contribution in [2.75, 3.05) is 19.7 Å². The van der Waals surface area contributed by atoms with Crippen LogP contribution < -0.4 is 14.2 Å². The Labute approximate surface area is 227 Å². The number of halogens is 2. The largest absolute Gasteiger partial charge is 0.490 e. The minimum absolute atomic E-state index is 0.00618. The third kappa shape index (κ3) is 7.30. The second kappa shape index (κ2) is 11.4. The number of hydrogen-bond donors (Lipinski definition) is 1. The molecule has 2 saturated carbocycles. The molecule has 2 heterocycles. The molecule has 1 saturated heterocycles. The first-order chi connectivity index (χ1) is 17.8. The summed E-state index contributed by atoms with van der Waals surface area (Å²) in [6.45, 7) is 5.83. The van der Waals surface area contributed by atoms with Crippen molar-refractivity contribution in [1.29, 1.82) is 0 Å². The minimum atomic E-state index is -1.38. The fourth-order valence-corrected chi connectivity index (χ4v) is 5.50. The molecule has 37 heavy (non-hydrogen) atoms. The van der Waals surface area contributed by atoms with Crippen LogP contribution in [0.15, 0.2) is 30.5 Å². The molecule has 0 radical (unpaired) electrons. The lowest BCUT2D eigenvalue weighted by Crippen LogP contribution is -2.44. The maximum atomic E-state index is 15.7. The van der Waals surface area contributed by atoms with Gasteiger partial charge in [0.1, 0.15) is 23.0 Å². The fourth-order valence-electron chi connectivity index (χ4n) is 4.50. The summed E-state index contributed by atoms with van der Waals surface area (Å²) in [5, 5.41) is 1.05. The summed E-state index contributed by atoms with van der Waals surface area (Å²) in [4.78, 5) is 19.1. The smallest absolute Gasteiger partial charge is 0.261 e. The zero-order valence-electron chi connectivity index (χ0n) is 21.5. The molecular formula is C28H35ClFN3O3S. The highest BCUT2D eigenvalue weighted by atomic mass is 35.5. The summed E-state index contributed by atoms with van der Waals surface area (Å²) in [6.07, 6.45) is 7.08. The zero-order chi connectivity index (χ0) is 26.0. The van der Waals surface area contributed by atoms with E-state index in [1.165, 1.54) is 24.8 Å². The van der Waals surface area contributed by atoms with Gasteiger partial charge in [-0.15, -0.1) is 0 Å². The van der Waals surface area contributed by atoms with Crippen molar-refractivity contribution in [3.05, 3.63) is 52.2 Å². The Morgan fingerprint density at radius 3 is 2.65 bits per heavy atom. The van der Waals surface area contributed by atoms with Gasteiger partial charge in [-0.05, 0) is 106 Å². The van der Waals surface area contributed by atoms with Crippen molar-refractivity contribution in [3.63, 3.8) is 0 Å². The lowest BCUT2D eigenvalue weighted by molar-refractivity contribution is 0.0149. The van der Waals surface area contributed by atoms with E-state index < -0.39 is 5.67 Å². The molecule has 1 aromatic heterocycles. The van der Waals surface area contributed by atoms with Crippen LogP contribution in [0.25, 0.3) is 0 Å². The van der Waals surface area contributed by atoms with Crippen LogP contribution in [0.1, 0.15) is 79.8 Å². The summed E-state index contributed by atoms with van der Waals surface area (Å²) < 4.78 is 30.3. The number of carbonyl (C=O) groups is 1. The van der Waals surface area contributed by atoms with Crippen LogP contribution in [0.4, 0.5) is 4.39 Å². The highest BCUT2D eigenvalue weighted by Crippen LogP contribution is 2.45. The van der Waals surface area contributed by atoms with E-state index in [-0.39, 0.29) is 18.6 Å². The second-order valence-corrected chi connectivity index (χ2v) is 12.3. The number of rotatable bonds is 11. The van der Waals surface area contributed by atoms with E-state index >= 15 is 4.39 Å². The van der Waals surface area contributed by atoms with Gasteiger partial charge >= 0.3 is 0 Å². The number of benzene rings is 1. The first kappa shape index (κ1) is 26.6. The average Bonchev–Trinajstić information content (AvgIpc) is 3.79. The molecule has 0 spiro atoms. The van der Waals surface area contributed by atoms with Crippen LogP contribution in [0.2, 0.25) is 5.02 Å². The number of piperidine rings is 1. The molecular weight excluding hydrogens is 513 g/mol. The highest BCUT2D eigenvalue weighted by molar-refractivity contribution is 7.98. The number of aromatic nitrogens is 1. The number of likely N-dealkylation sites (tertiary alicyclic amines) is 1. The van der Waals surface area contributed by atoms with Crippen LogP contribution >= 0.6 is 23.5 Å². The summed E-state index contributed by atoms with van der Waals surface area (Å²) >= 11 is 7.84. The third-order valence-corrected chi connectivity index (χ3v) is 8.37. The maximum absolute atomic E-state index is 15.7. The van der Waals surface area contributed by atoms with Gasteiger partial charge in [0.05, 0.1) is 6.10 Å². The van der Waals surface area contributed by atoms with E-state index in [1.54, 1.807) is 12.3 Å². The summed E-state index contributed by atoms with van der Waals surface area (Å²) in [7, 11) is 0. The van der Waals surface area contributed by atoms with E-state index in [2.05, 4.69) is 14.6 Å². The number of ether oxygens (including phenoxy) is 2. The summed E-state index contributed by atoms with van der Waals surface area (Å²) in [5.41, 5.74) is 1.28. The van der Waals surface area contributed by atoms with Crippen molar-refractivity contribution < 1.29 is 18.7 Å². The molecule has 0 bridgehead atoms. The summed E-state index contributed by atoms with van der Waals surface area (Å²) in [6, 6.07) is 7.43. The van der Waals surface area contributed by atoms with Crippen LogP contribution in [0.3, 0.4) is 0 Å². The van der Waals surface area contributed by atoms with Gasteiger partial charge in [-0.3, -0.25) is 14.4 Å². The lowest BCUT2D eigenvalue weighted by atomic mass is 9.94. The van der Waals surface area contributed by atoms with Crippen molar-refractivity contribution >= 4 is 29.5 Å². The number of pyridine rings is 1. The molecule has 2 aliphatic carbocycles. The molecule has 0 unspecified atom stereocenters. The molecule has 9 heteroatoms. The Morgan fingerprint density at radius 2 is 2.00 bits per heavy atom. The summed E-state index contributed by atoms with van der Waals surface area (Å²) in [5.74, 6) is 1.47. The van der Waals surface area contributed by atoms with Crippen LogP contribution in [0, 0.1) is 0 Å². The van der Waals surface area contributed by atoms with Crippen molar-refractivity contribution in [1.82, 2.24) is 14.6 Å². The van der Waals surface area contributed by atoms with Gasteiger partial charge in [0.25, 0.3) is 5.91 Å². The number of nitrogens with zero attached hydrogens (tertiary/aromatic N) is 2. The van der Waals surface area contributed by atoms with Gasteiger partial charge in [0.15, 0.2) is 0 Å². The molecule has 6 nitrogen and oxygen atoms in total. The lowest BCUT2D eigenvalue weighted by Gasteiger charge is -2.36. The predicted molar refractivity (Wildman–Crippen MR) is 145 cm³/mol. The normalized spacial score (nSPS) is 19.6. The zero-order valence-corrected chi connectivity index (χ0v) is 23.0. The quantitative estimate of drug-likeness (QED) is 0.332. The highest BCUT2D eigenvalue weighted by Gasteiger charge is 2.36.